The molecule has 0 atom stereocenters. The van der Waals surface area contributed by atoms with Crippen LogP contribution in [-0.4, -0.2) is 27.2 Å². The molecule has 0 aliphatic heterocycles. The number of para-hydroxylation sites is 1. The van der Waals surface area contributed by atoms with E-state index in [2.05, 4.69) is 68.2 Å². The van der Waals surface area contributed by atoms with Crippen molar-refractivity contribution in [1.82, 2.24) is 14.5 Å². The molecular formula is C40H47N5O3. The second-order valence-corrected chi connectivity index (χ2v) is 13.3. The normalized spacial score (nSPS) is 11.4. The number of nitrogens with zero attached hydrogens (tertiary/aromatic N) is 3. The number of hydrogen-bond acceptors (Lipinski definition) is 5. The van der Waals surface area contributed by atoms with Crippen molar-refractivity contribution in [3.8, 4) is 16.9 Å². The number of amides is 2. The number of carbonyl (C=O) groups excluding carboxylic acids is 1. The molecule has 0 aliphatic rings. The van der Waals surface area contributed by atoms with Crippen molar-refractivity contribution in [2.24, 2.45) is 5.92 Å². The van der Waals surface area contributed by atoms with Crippen molar-refractivity contribution >= 4 is 28.4 Å². The number of urea groups is 1. The van der Waals surface area contributed by atoms with Gasteiger partial charge >= 0.3 is 6.03 Å². The number of benzene rings is 2. The van der Waals surface area contributed by atoms with Gasteiger partial charge in [-0.1, -0.05) is 77.9 Å². The first-order chi connectivity index (χ1) is 23.1. The van der Waals surface area contributed by atoms with Crippen molar-refractivity contribution in [2.45, 2.75) is 79.2 Å². The molecule has 0 spiro atoms. The SMILES string of the molecule is CC(C)CCn1c(=O)c(NC(=O)Nc2c(C(C)C)cccc2C(C)C)c(-c2cccc(OCCCc3cccnc3)c2)c2cccnc21. The average Bonchev–Trinajstić information content (AvgIpc) is 3.07. The van der Waals surface area contributed by atoms with E-state index in [-0.39, 0.29) is 23.1 Å². The van der Waals surface area contributed by atoms with Crippen molar-refractivity contribution in [2.75, 3.05) is 17.2 Å². The van der Waals surface area contributed by atoms with Crippen LogP contribution in [-0.2, 0) is 13.0 Å². The van der Waals surface area contributed by atoms with E-state index in [0.29, 0.717) is 36.0 Å². The Morgan fingerprint density at radius 3 is 2.25 bits per heavy atom. The van der Waals surface area contributed by atoms with Crippen molar-refractivity contribution < 1.29 is 9.53 Å². The molecule has 8 heteroatoms. The van der Waals surface area contributed by atoms with Crippen molar-refractivity contribution in [3.05, 3.63) is 112 Å². The van der Waals surface area contributed by atoms with Crippen LogP contribution in [0.2, 0.25) is 0 Å². The van der Waals surface area contributed by atoms with Gasteiger partial charge in [-0.25, -0.2) is 9.78 Å². The van der Waals surface area contributed by atoms with Gasteiger partial charge in [-0.3, -0.25) is 14.3 Å². The topological polar surface area (TPSA) is 98.1 Å². The first-order valence-electron chi connectivity index (χ1n) is 17.0. The molecule has 5 rings (SSSR count). The number of hydrogen-bond donors (Lipinski definition) is 2. The minimum absolute atomic E-state index is 0.196. The minimum atomic E-state index is -0.468. The summed E-state index contributed by atoms with van der Waals surface area (Å²) in [5.74, 6) is 1.45. The van der Waals surface area contributed by atoms with Gasteiger partial charge in [0.05, 0.1) is 6.61 Å². The van der Waals surface area contributed by atoms with Crippen molar-refractivity contribution in [1.29, 1.82) is 0 Å². The number of anilines is 2. The second kappa shape index (κ2) is 15.7. The van der Waals surface area contributed by atoms with Gasteiger partial charge in [0, 0.05) is 41.8 Å². The smallest absolute Gasteiger partial charge is 0.323 e. The van der Waals surface area contributed by atoms with Gasteiger partial charge in [0.1, 0.15) is 17.1 Å². The molecule has 2 N–H and O–H groups in total. The standard InChI is InChI=1S/C40H47N5O3/c1-26(2)19-22-45-38-34(18-10-21-42-38)35(30-14-7-15-31(24-30)48-23-11-13-29-12-9-20-41-25-29)37(39(45)46)44-40(47)43-36-32(27(3)4)16-8-17-33(36)28(5)6/h7-10,12,14-18,20-21,24-28H,11,13,19,22-23H2,1-6H3,(H2,43,44,47). The van der Waals surface area contributed by atoms with Crippen LogP contribution in [0.15, 0.2) is 90.1 Å². The first-order valence-corrected chi connectivity index (χ1v) is 17.0. The molecular weight excluding hydrogens is 598 g/mol. The molecule has 3 aromatic heterocycles. The van der Waals surface area contributed by atoms with Crippen LogP contribution in [0.4, 0.5) is 16.2 Å². The second-order valence-electron chi connectivity index (χ2n) is 13.3. The van der Waals surface area contributed by atoms with Gasteiger partial charge in [-0.05, 0) is 89.6 Å². The van der Waals surface area contributed by atoms with E-state index in [1.165, 1.54) is 0 Å². The molecule has 0 fully saturated rings. The highest BCUT2D eigenvalue weighted by molar-refractivity contribution is 6.07. The van der Waals surface area contributed by atoms with Gasteiger partial charge in [0.15, 0.2) is 0 Å². The maximum absolute atomic E-state index is 14.4. The third-order valence-electron chi connectivity index (χ3n) is 8.52. The molecule has 250 valence electrons. The van der Waals surface area contributed by atoms with E-state index in [9.17, 15) is 9.59 Å². The fraction of sp³-hybridized carbons (Fsp3) is 0.350. The highest BCUT2D eigenvalue weighted by Gasteiger charge is 2.23. The number of aryl methyl sites for hydroxylation is 2. The summed E-state index contributed by atoms with van der Waals surface area (Å²) in [5.41, 5.74) is 5.90. The fourth-order valence-electron chi connectivity index (χ4n) is 6.00. The van der Waals surface area contributed by atoms with Gasteiger partial charge in [0.2, 0.25) is 0 Å². The quantitative estimate of drug-likeness (QED) is 0.124. The predicted molar refractivity (Wildman–Crippen MR) is 196 cm³/mol. The number of aromatic nitrogens is 3. The summed E-state index contributed by atoms with van der Waals surface area (Å²) in [5, 5.41) is 6.91. The molecule has 0 bridgehead atoms. The van der Waals surface area contributed by atoms with Gasteiger partial charge < -0.3 is 15.4 Å². The summed E-state index contributed by atoms with van der Waals surface area (Å²) in [6, 6.07) is 21.2. The Bertz CT molecular complexity index is 1890. The van der Waals surface area contributed by atoms with E-state index in [1.54, 1.807) is 17.0 Å². The zero-order valence-corrected chi connectivity index (χ0v) is 28.9. The fourth-order valence-corrected chi connectivity index (χ4v) is 6.00. The molecule has 0 saturated heterocycles. The predicted octanol–water partition coefficient (Wildman–Crippen LogP) is 9.41. The van der Waals surface area contributed by atoms with E-state index >= 15 is 0 Å². The zero-order valence-electron chi connectivity index (χ0n) is 28.9. The van der Waals surface area contributed by atoms with E-state index < -0.39 is 6.03 Å². The third kappa shape index (κ3) is 8.11. The number of nitrogens with one attached hydrogen (secondary N) is 2. The maximum atomic E-state index is 14.4. The van der Waals surface area contributed by atoms with Crippen LogP contribution in [0.3, 0.4) is 0 Å². The zero-order chi connectivity index (χ0) is 34.2. The van der Waals surface area contributed by atoms with Crippen LogP contribution in [0.25, 0.3) is 22.2 Å². The van der Waals surface area contributed by atoms with Crippen LogP contribution in [0.1, 0.15) is 82.9 Å². The van der Waals surface area contributed by atoms with Gasteiger partial charge in [0.25, 0.3) is 5.56 Å². The average molecular weight is 646 g/mol. The first kappa shape index (κ1) is 34.4. The molecule has 0 aliphatic carbocycles. The summed E-state index contributed by atoms with van der Waals surface area (Å²) < 4.78 is 7.86. The monoisotopic (exact) mass is 645 g/mol. The minimum Gasteiger partial charge on any atom is -0.494 e. The number of pyridine rings is 3. The lowest BCUT2D eigenvalue weighted by Crippen LogP contribution is -2.30. The maximum Gasteiger partial charge on any atom is 0.323 e. The Hall–Kier alpha value is -4.98. The van der Waals surface area contributed by atoms with Crippen LogP contribution in [0, 0.1) is 5.92 Å². The molecule has 0 unspecified atom stereocenters. The lowest BCUT2D eigenvalue weighted by molar-refractivity contribution is 0.262. The summed E-state index contributed by atoms with van der Waals surface area (Å²) in [6.07, 6.45) is 7.83. The molecule has 8 nitrogen and oxygen atoms in total. The molecule has 3 heterocycles. The number of fused-ring (bicyclic) bond motifs is 1. The molecule has 2 amide bonds. The van der Waals surface area contributed by atoms with E-state index in [0.717, 1.165) is 52.6 Å². The van der Waals surface area contributed by atoms with Crippen LogP contribution in [0.5, 0.6) is 5.75 Å². The molecule has 5 aromatic rings. The summed E-state index contributed by atoms with van der Waals surface area (Å²) >= 11 is 0. The number of ether oxygens (including phenoxy) is 1. The van der Waals surface area contributed by atoms with Crippen LogP contribution < -0.4 is 20.9 Å². The highest BCUT2D eigenvalue weighted by atomic mass is 16.5. The lowest BCUT2D eigenvalue weighted by atomic mass is 9.93. The molecule has 48 heavy (non-hydrogen) atoms. The Balaban J connectivity index is 1.55. The Labute approximate surface area is 283 Å². The largest absolute Gasteiger partial charge is 0.494 e. The molecule has 0 radical (unpaired) electrons. The van der Waals surface area contributed by atoms with E-state index in [1.807, 2.05) is 66.9 Å². The number of carbonyl (C=O) groups is 1. The van der Waals surface area contributed by atoms with E-state index in [4.69, 9.17) is 4.74 Å². The Morgan fingerprint density at radius 1 is 0.854 bits per heavy atom. The lowest BCUT2D eigenvalue weighted by Gasteiger charge is -2.22. The Morgan fingerprint density at radius 2 is 1.56 bits per heavy atom. The number of rotatable bonds is 13. The van der Waals surface area contributed by atoms with Gasteiger partial charge in [-0.15, -0.1) is 0 Å². The van der Waals surface area contributed by atoms with Crippen LogP contribution >= 0.6 is 0 Å². The summed E-state index contributed by atoms with van der Waals surface area (Å²) in [6.45, 7) is 13.7. The summed E-state index contributed by atoms with van der Waals surface area (Å²) in [4.78, 5) is 37.2. The van der Waals surface area contributed by atoms with Crippen molar-refractivity contribution in [3.63, 3.8) is 0 Å². The highest BCUT2D eigenvalue weighted by Crippen LogP contribution is 2.36. The van der Waals surface area contributed by atoms with Gasteiger partial charge in [-0.2, -0.15) is 0 Å². The third-order valence-corrected chi connectivity index (χ3v) is 8.52. The Kier molecular flexibility index (Phi) is 11.3. The molecule has 0 saturated carbocycles. The molecule has 2 aromatic carbocycles. The summed E-state index contributed by atoms with van der Waals surface area (Å²) in [7, 11) is 0.